The molecule has 1 aromatic heterocycles. The van der Waals surface area contributed by atoms with Crippen molar-refractivity contribution in [2.75, 3.05) is 18.5 Å². The quantitative estimate of drug-likeness (QED) is 0.764. The van der Waals surface area contributed by atoms with Crippen molar-refractivity contribution < 1.29 is 4.74 Å². The van der Waals surface area contributed by atoms with Crippen LogP contribution in [0.3, 0.4) is 0 Å². The van der Waals surface area contributed by atoms with Gasteiger partial charge in [0.2, 0.25) is 0 Å². The molecule has 1 aliphatic heterocycles. The minimum atomic E-state index is 0.488. The monoisotopic (exact) mass is 288 g/mol. The first-order chi connectivity index (χ1) is 7.35. The molecule has 0 spiro atoms. The molecule has 1 aliphatic rings. The van der Waals surface area contributed by atoms with Gasteiger partial charge in [0.25, 0.3) is 0 Å². The molecule has 0 atom stereocenters. The maximum Gasteiger partial charge on any atom is 0.0471 e. The van der Waals surface area contributed by atoms with Gasteiger partial charge < -0.3 is 4.74 Å². The molecule has 1 aromatic rings. The van der Waals surface area contributed by atoms with Gasteiger partial charge in [-0.25, -0.2) is 0 Å². The highest BCUT2D eigenvalue weighted by Crippen LogP contribution is 2.37. The molecule has 0 unspecified atom stereocenters. The van der Waals surface area contributed by atoms with Crippen molar-refractivity contribution in [3.63, 3.8) is 0 Å². The first kappa shape index (κ1) is 11.6. The summed E-state index contributed by atoms with van der Waals surface area (Å²) in [4.78, 5) is 1.52. The number of rotatable bonds is 4. The van der Waals surface area contributed by atoms with Crippen LogP contribution in [0.5, 0.6) is 0 Å². The van der Waals surface area contributed by atoms with Crippen LogP contribution in [0.1, 0.15) is 24.1 Å². The maximum atomic E-state index is 5.45. The highest BCUT2D eigenvalue weighted by Gasteiger charge is 2.30. The summed E-state index contributed by atoms with van der Waals surface area (Å²) < 4.78 is 5.45. The topological polar surface area (TPSA) is 9.23 Å². The molecule has 3 heteroatoms. The number of aryl methyl sites for hydroxylation is 1. The largest absolute Gasteiger partial charge is 0.381 e. The minimum absolute atomic E-state index is 0.488. The molecule has 0 amide bonds. The Labute approximate surface area is 104 Å². The van der Waals surface area contributed by atoms with Gasteiger partial charge in [0.15, 0.2) is 0 Å². The Bertz CT molecular complexity index is 278. The number of thiophene rings is 1. The van der Waals surface area contributed by atoms with E-state index < -0.39 is 0 Å². The molecule has 1 nitrogen and oxygen atoms in total. The highest BCUT2D eigenvalue weighted by molar-refractivity contribution is 9.09. The van der Waals surface area contributed by atoms with Crippen LogP contribution in [-0.4, -0.2) is 18.5 Å². The molecule has 0 N–H and O–H groups in total. The van der Waals surface area contributed by atoms with Crippen molar-refractivity contribution >= 4 is 27.3 Å². The van der Waals surface area contributed by atoms with E-state index in [9.17, 15) is 0 Å². The minimum Gasteiger partial charge on any atom is -0.381 e. The molecule has 2 rings (SSSR count). The van der Waals surface area contributed by atoms with Crippen molar-refractivity contribution in [1.82, 2.24) is 0 Å². The van der Waals surface area contributed by atoms with Gasteiger partial charge in [0.05, 0.1) is 0 Å². The molecule has 1 saturated heterocycles. The number of alkyl halides is 1. The molecule has 0 saturated carbocycles. The molecule has 0 radical (unpaired) electrons. The molecular formula is C12H17BrOS. The Morgan fingerprint density at radius 2 is 2.20 bits per heavy atom. The second-order valence-electron chi connectivity index (χ2n) is 4.33. The first-order valence-electron chi connectivity index (χ1n) is 5.51. The van der Waals surface area contributed by atoms with Gasteiger partial charge in [-0.15, -0.1) is 11.3 Å². The lowest BCUT2D eigenvalue weighted by Gasteiger charge is -2.35. The van der Waals surface area contributed by atoms with Crippen LogP contribution in [0.25, 0.3) is 0 Å². The summed E-state index contributed by atoms with van der Waals surface area (Å²) in [5, 5.41) is 3.29. The second kappa shape index (κ2) is 5.46. The lowest BCUT2D eigenvalue weighted by atomic mass is 9.78. The van der Waals surface area contributed by atoms with Crippen LogP contribution in [-0.2, 0) is 11.2 Å². The zero-order valence-corrected chi connectivity index (χ0v) is 11.3. The van der Waals surface area contributed by atoms with E-state index in [-0.39, 0.29) is 0 Å². The number of halogens is 1. The molecule has 1 fully saturated rings. The molecular weight excluding hydrogens is 272 g/mol. The number of hydrogen-bond acceptors (Lipinski definition) is 2. The Kier molecular flexibility index (Phi) is 4.23. The van der Waals surface area contributed by atoms with Crippen molar-refractivity contribution in [2.24, 2.45) is 5.41 Å². The first-order valence-corrected chi connectivity index (χ1v) is 7.51. The summed E-state index contributed by atoms with van der Waals surface area (Å²) in [5.41, 5.74) is 0.488. The third-order valence-corrected chi connectivity index (χ3v) is 5.44. The normalized spacial score (nSPS) is 20.3. The molecule has 15 heavy (non-hydrogen) atoms. The van der Waals surface area contributed by atoms with Gasteiger partial charge in [-0.3, -0.25) is 0 Å². The van der Waals surface area contributed by atoms with Crippen LogP contribution >= 0.6 is 27.3 Å². The van der Waals surface area contributed by atoms with Crippen LogP contribution in [0, 0.1) is 5.41 Å². The highest BCUT2D eigenvalue weighted by atomic mass is 79.9. The fourth-order valence-corrected chi connectivity index (χ4v) is 3.65. The average molecular weight is 289 g/mol. The molecule has 0 aromatic carbocycles. The van der Waals surface area contributed by atoms with E-state index in [1.165, 1.54) is 30.6 Å². The standard InChI is InChI=1S/C12H17BrOS/c13-10-12(5-7-14-8-6-12)4-3-11-2-1-9-15-11/h1-2,9H,3-8,10H2. The lowest BCUT2D eigenvalue weighted by Crippen LogP contribution is -2.31. The summed E-state index contributed by atoms with van der Waals surface area (Å²) in [6, 6.07) is 4.39. The van der Waals surface area contributed by atoms with Crippen LogP contribution in [0.2, 0.25) is 0 Å². The Morgan fingerprint density at radius 1 is 1.40 bits per heavy atom. The van der Waals surface area contributed by atoms with Gasteiger partial charge in [0.1, 0.15) is 0 Å². The zero-order valence-electron chi connectivity index (χ0n) is 8.88. The lowest BCUT2D eigenvalue weighted by molar-refractivity contribution is 0.0230. The molecule has 2 heterocycles. The molecule has 84 valence electrons. The summed E-state index contributed by atoms with van der Waals surface area (Å²) >= 11 is 5.55. The van der Waals surface area contributed by atoms with Crippen molar-refractivity contribution in [3.05, 3.63) is 22.4 Å². The van der Waals surface area contributed by atoms with Crippen LogP contribution in [0.15, 0.2) is 17.5 Å². The zero-order chi connectivity index (χ0) is 10.6. The number of hydrogen-bond donors (Lipinski definition) is 0. The predicted molar refractivity (Wildman–Crippen MR) is 68.9 cm³/mol. The third kappa shape index (κ3) is 3.05. The maximum absolute atomic E-state index is 5.45. The Balaban J connectivity index is 1.89. The van der Waals surface area contributed by atoms with Crippen molar-refractivity contribution in [2.45, 2.75) is 25.7 Å². The predicted octanol–water partition coefficient (Wildman–Crippen LogP) is 3.87. The summed E-state index contributed by atoms with van der Waals surface area (Å²) in [7, 11) is 0. The van der Waals surface area contributed by atoms with E-state index in [2.05, 4.69) is 33.4 Å². The molecule has 0 aliphatic carbocycles. The van der Waals surface area contributed by atoms with Crippen molar-refractivity contribution in [1.29, 1.82) is 0 Å². The smallest absolute Gasteiger partial charge is 0.0471 e. The van der Waals surface area contributed by atoms with E-state index in [1.54, 1.807) is 0 Å². The van der Waals surface area contributed by atoms with E-state index in [4.69, 9.17) is 4.74 Å². The van der Waals surface area contributed by atoms with E-state index >= 15 is 0 Å². The van der Waals surface area contributed by atoms with Gasteiger partial charge in [-0.05, 0) is 42.5 Å². The Hall–Kier alpha value is 0.140. The number of ether oxygens (including phenoxy) is 1. The van der Waals surface area contributed by atoms with Crippen molar-refractivity contribution in [3.8, 4) is 0 Å². The summed E-state index contributed by atoms with van der Waals surface area (Å²) in [6.07, 6.45) is 4.94. The fourth-order valence-electron chi connectivity index (χ4n) is 2.10. The molecule has 0 bridgehead atoms. The van der Waals surface area contributed by atoms with Gasteiger partial charge in [-0.1, -0.05) is 22.0 Å². The second-order valence-corrected chi connectivity index (χ2v) is 5.92. The van der Waals surface area contributed by atoms with Gasteiger partial charge >= 0.3 is 0 Å². The Morgan fingerprint density at radius 3 is 2.80 bits per heavy atom. The van der Waals surface area contributed by atoms with Crippen LogP contribution < -0.4 is 0 Å². The fraction of sp³-hybridized carbons (Fsp3) is 0.667. The summed E-state index contributed by atoms with van der Waals surface area (Å²) in [6.45, 7) is 1.88. The van der Waals surface area contributed by atoms with E-state index in [1.807, 2.05) is 11.3 Å². The van der Waals surface area contributed by atoms with Crippen LogP contribution in [0.4, 0.5) is 0 Å². The van der Waals surface area contributed by atoms with Gasteiger partial charge in [0, 0.05) is 23.4 Å². The third-order valence-electron chi connectivity index (χ3n) is 3.32. The van der Waals surface area contributed by atoms with E-state index in [0.29, 0.717) is 5.41 Å². The summed E-state index contributed by atoms with van der Waals surface area (Å²) in [5.74, 6) is 0. The van der Waals surface area contributed by atoms with E-state index in [0.717, 1.165) is 18.5 Å². The SMILES string of the molecule is BrCC1(CCc2cccs2)CCOCC1. The average Bonchev–Trinajstić information content (AvgIpc) is 2.81. The van der Waals surface area contributed by atoms with Gasteiger partial charge in [-0.2, -0.15) is 0 Å².